The second-order valence-electron chi connectivity index (χ2n) is 4.45. The molecule has 6 heteroatoms. The normalized spacial score (nSPS) is 22.0. The summed E-state index contributed by atoms with van der Waals surface area (Å²) in [6.45, 7) is 9.28. The van der Waals surface area contributed by atoms with Crippen molar-refractivity contribution in [3.8, 4) is 0 Å². The van der Waals surface area contributed by atoms with E-state index in [0.717, 1.165) is 0 Å². The van der Waals surface area contributed by atoms with Crippen LogP contribution in [-0.4, -0.2) is 65.8 Å². The first kappa shape index (κ1) is 15.5. The molecule has 1 fully saturated rings. The zero-order valence-electron chi connectivity index (χ0n) is 11.5. The Morgan fingerprint density at radius 1 is 1.37 bits per heavy atom. The smallest absolute Gasteiger partial charge is 0.320 e. The first-order chi connectivity index (χ1) is 9.06. The van der Waals surface area contributed by atoms with E-state index in [1.54, 1.807) is 15.9 Å². The zero-order valence-corrected chi connectivity index (χ0v) is 11.5. The van der Waals surface area contributed by atoms with Crippen molar-refractivity contribution >= 4 is 12.0 Å². The molecule has 19 heavy (non-hydrogen) atoms. The second kappa shape index (κ2) is 7.13. The van der Waals surface area contributed by atoms with Gasteiger partial charge in [-0.15, -0.1) is 6.58 Å². The average molecular weight is 270 g/mol. The number of hydrogen-bond donors (Lipinski definition) is 1. The molecule has 1 aliphatic rings. The number of carboxylic acid groups (broad SMARTS) is 1. The van der Waals surface area contributed by atoms with Crippen LogP contribution in [0.2, 0.25) is 0 Å². The highest BCUT2D eigenvalue weighted by molar-refractivity contribution is 5.77. The fourth-order valence-corrected chi connectivity index (χ4v) is 2.28. The summed E-state index contributed by atoms with van der Waals surface area (Å²) in [6, 6.07) is -0.555. The minimum atomic E-state index is -0.916. The lowest BCUT2D eigenvalue weighted by Crippen LogP contribution is -2.51. The third-order valence-corrected chi connectivity index (χ3v) is 3.36. The summed E-state index contributed by atoms with van der Waals surface area (Å²) in [4.78, 5) is 26.8. The van der Waals surface area contributed by atoms with Gasteiger partial charge in [-0.25, -0.2) is 4.79 Å². The van der Waals surface area contributed by atoms with Crippen molar-refractivity contribution in [1.29, 1.82) is 0 Å². The lowest BCUT2D eigenvalue weighted by Gasteiger charge is -2.33. The Bertz CT molecular complexity index is 346. The number of aliphatic carboxylic acids is 1. The Kier molecular flexibility index (Phi) is 5.82. The van der Waals surface area contributed by atoms with Crippen LogP contribution in [-0.2, 0) is 9.53 Å². The molecule has 0 aliphatic carbocycles. The number of likely N-dealkylation sites (N-methyl/N-ethyl adjacent to an activating group) is 2. The lowest BCUT2D eigenvalue weighted by molar-refractivity contribution is -0.142. The Hall–Kier alpha value is -1.56. The first-order valence-electron chi connectivity index (χ1n) is 6.53. The highest BCUT2D eigenvalue weighted by Gasteiger charge is 2.40. The SMILES string of the molecule is C=CCN(CC)C(=O)N(CC)C1COCC1C(=O)O. The number of carbonyl (C=O) groups is 2. The van der Waals surface area contributed by atoms with Crippen LogP contribution in [0, 0.1) is 5.92 Å². The lowest BCUT2D eigenvalue weighted by atomic mass is 10.0. The van der Waals surface area contributed by atoms with Crippen LogP contribution in [0.4, 0.5) is 4.79 Å². The zero-order chi connectivity index (χ0) is 14.4. The van der Waals surface area contributed by atoms with Gasteiger partial charge in [0.25, 0.3) is 0 Å². The molecule has 2 amide bonds. The molecule has 1 rings (SSSR count). The van der Waals surface area contributed by atoms with Crippen molar-refractivity contribution in [2.75, 3.05) is 32.8 Å². The first-order valence-corrected chi connectivity index (χ1v) is 6.53. The van der Waals surface area contributed by atoms with Crippen LogP contribution in [0.25, 0.3) is 0 Å². The molecule has 0 saturated carbocycles. The number of hydrogen-bond acceptors (Lipinski definition) is 3. The molecule has 2 unspecified atom stereocenters. The molecule has 1 heterocycles. The number of carbonyl (C=O) groups excluding carboxylic acids is 1. The van der Waals surface area contributed by atoms with Crippen molar-refractivity contribution < 1.29 is 19.4 Å². The van der Waals surface area contributed by atoms with Crippen LogP contribution < -0.4 is 0 Å². The molecule has 0 bridgehead atoms. The molecule has 2 atom stereocenters. The largest absolute Gasteiger partial charge is 0.481 e. The van der Waals surface area contributed by atoms with E-state index in [1.165, 1.54) is 0 Å². The van der Waals surface area contributed by atoms with E-state index in [9.17, 15) is 9.59 Å². The number of ether oxygens (including phenoxy) is 1. The molecular weight excluding hydrogens is 248 g/mol. The van der Waals surface area contributed by atoms with Gasteiger partial charge in [0, 0.05) is 19.6 Å². The van der Waals surface area contributed by atoms with E-state index in [1.807, 2.05) is 13.8 Å². The molecule has 0 radical (unpaired) electrons. The number of urea groups is 1. The minimum Gasteiger partial charge on any atom is -0.481 e. The van der Waals surface area contributed by atoms with E-state index in [4.69, 9.17) is 9.84 Å². The summed E-state index contributed by atoms with van der Waals surface area (Å²) in [5.41, 5.74) is 0. The van der Waals surface area contributed by atoms with E-state index in [-0.39, 0.29) is 19.2 Å². The van der Waals surface area contributed by atoms with Gasteiger partial charge in [-0.3, -0.25) is 4.79 Å². The molecule has 108 valence electrons. The second-order valence-corrected chi connectivity index (χ2v) is 4.45. The number of nitrogens with zero attached hydrogens (tertiary/aromatic N) is 2. The summed E-state index contributed by atoms with van der Waals surface area (Å²) < 4.78 is 5.22. The summed E-state index contributed by atoms with van der Waals surface area (Å²) in [7, 11) is 0. The van der Waals surface area contributed by atoms with E-state index < -0.39 is 17.9 Å². The quantitative estimate of drug-likeness (QED) is 0.732. The van der Waals surface area contributed by atoms with Gasteiger partial charge in [0.2, 0.25) is 0 Å². The highest BCUT2D eigenvalue weighted by Crippen LogP contribution is 2.21. The average Bonchev–Trinajstić information content (AvgIpc) is 2.86. The van der Waals surface area contributed by atoms with Crippen molar-refractivity contribution in [2.45, 2.75) is 19.9 Å². The standard InChI is InChI=1S/C13H22N2O4/c1-4-7-14(5-2)13(18)15(6-3)11-9-19-8-10(11)12(16)17/h4,10-11H,1,5-9H2,2-3H3,(H,16,17). The van der Waals surface area contributed by atoms with E-state index >= 15 is 0 Å². The van der Waals surface area contributed by atoms with Crippen LogP contribution >= 0.6 is 0 Å². The molecule has 1 saturated heterocycles. The summed E-state index contributed by atoms with van der Waals surface area (Å²) in [5.74, 6) is -1.56. The fourth-order valence-electron chi connectivity index (χ4n) is 2.28. The van der Waals surface area contributed by atoms with Crippen molar-refractivity contribution in [3.05, 3.63) is 12.7 Å². The molecule has 6 nitrogen and oxygen atoms in total. The molecule has 1 N–H and O–H groups in total. The third-order valence-electron chi connectivity index (χ3n) is 3.36. The number of rotatable bonds is 6. The number of carboxylic acids is 1. The Morgan fingerprint density at radius 2 is 2.05 bits per heavy atom. The van der Waals surface area contributed by atoms with Crippen molar-refractivity contribution in [1.82, 2.24) is 9.80 Å². The van der Waals surface area contributed by atoms with Crippen LogP contribution in [0.15, 0.2) is 12.7 Å². The van der Waals surface area contributed by atoms with Crippen LogP contribution in [0.5, 0.6) is 0 Å². The van der Waals surface area contributed by atoms with Gasteiger partial charge in [0.15, 0.2) is 0 Å². The monoisotopic (exact) mass is 270 g/mol. The topological polar surface area (TPSA) is 70.1 Å². The molecule has 0 aromatic carbocycles. The van der Waals surface area contributed by atoms with Gasteiger partial charge in [-0.05, 0) is 13.8 Å². The minimum absolute atomic E-state index is 0.161. The van der Waals surface area contributed by atoms with Gasteiger partial charge in [0.05, 0.1) is 19.3 Å². The van der Waals surface area contributed by atoms with E-state index in [2.05, 4.69) is 6.58 Å². The predicted octanol–water partition coefficient (Wildman–Crippen LogP) is 1.04. The van der Waals surface area contributed by atoms with Gasteiger partial charge < -0.3 is 19.6 Å². The van der Waals surface area contributed by atoms with Gasteiger partial charge >= 0.3 is 12.0 Å². The summed E-state index contributed by atoms with van der Waals surface area (Å²) in [5, 5.41) is 9.16. The highest BCUT2D eigenvalue weighted by atomic mass is 16.5. The van der Waals surface area contributed by atoms with Gasteiger partial charge in [0.1, 0.15) is 5.92 Å². The summed E-state index contributed by atoms with van der Waals surface area (Å²) >= 11 is 0. The van der Waals surface area contributed by atoms with Crippen molar-refractivity contribution in [2.24, 2.45) is 5.92 Å². The van der Waals surface area contributed by atoms with Gasteiger partial charge in [-0.1, -0.05) is 6.08 Å². The van der Waals surface area contributed by atoms with Crippen LogP contribution in [0.3, 0.4) is 0 Å². The Morgan fingerprint density at radius 3 is 2.53 bits per heavy atom. The molecule has 1 aliphatic heterocycles. The molecule has 0 aromatic rings. The summed E-state index contributed by atoms with van der Waals surface area (Å²) in [6.07, 6.45) is 1.66. The van der Waals surface area contributed by atoms with Crippen molar-refractivity contribution in [3.63, 3.8) is 0 Å². The fraction of sp³-hybridized carbons (Fsp3) is 0.692. The maximum Gasteiger partial charge on any atom is 0.320 e. The molecule has 0 aromatic heterocycles. The Labute approximate surface area is 113 Å². The molecule has 0 spiro atoms. The van der Waals surface area contributed by atoms with Gasteiger partial charge in [-0.2, -0.15) is 0 Å². The maximum absolute atomic E-state index is 12.4. The maximum atomic E-state index is 12.4. The Balaban J connectivity index is 2.83. The third kappa shape index (κ3) is 3.47. The number of amides is 2. The van der Waals surface area contributed by atoms with E-state index in [0.29, 0.717) is 19.6 Å². The van der Waals surface area contributed by atoms with Crippen LogP contribution in [0.1, 0.15) is 13.8 Å². The molecular formula is C13H22N2O4. The predicted molar refractivity (Wildman–Crippen MR) is 71.0 cm³/mol.